The third-order valence-corrected chi connectivity index (χ3v) is 3.70. The molecule has 7 heteroatoms. The fraction of sp³-hybridized carbons (Fsp3) is 0.667. The van der Waals surface area contributed by atoms with Crippen LogP contribution in [0.25, 0.3) is 0 Å². The summed E-state index contributed by atoms with van der Waals surface area (Å²) in [6.45, 7) is 1.34. The van der Waals surface area contributed by atoms with Crippen molar-refractivity contribution >= 4 is 17.4 Å². The van der Waals surface area contributed by atoms with E-state index in [2.05, 4.69) is 14.9 Å². The number of nitrogens with two attached hydrogens (primary N) is 1. The molecule has 0 spiro atoms. The molecule has 2 atom stereocenters. The SMILES string of the molecule is COc1ncc(Cl)c(N2CCC(OC)CC2CN)n1. The van der Waals surface area contributed by atoms with E-state index in [0.717, 1.165) is 19.4 Å². The number of piperidine rings is 1. The van der Waals surface area contributed by atoms with Crippen molar-refractivity contribution in [2.75, 3.05) is 32.2 Å². The number of methoxy groups -OCH3 is 2. The minimum atomic E-state index is 0.163. The third-order valence-electron chi connectivity index (χ3n) is 3.43. The summed E-state index contributed by atoms with van der Waals surface area (Å²) in [6, 6.07) is 0.472. The predicted molar refractivity (Wildman–Crippen MR) is 73.8 cm³/mol. The molecule has 1 aliphatic heterocycles. The maximum absolute atomic E-state index is 6.18. The van der Waals surface area contributed by atoms with E-state index >= 15 is 0 Å². The Labute approximate surface area is 117 Å². The Morgan fingerprint density at radius 3 is 2.95 bits per heavy atom. The van der Waals surface area contributed by atoms with E-state index in [9.17, 15) is 0 Å². The molecule has 1 aromatic heterocycles. The second-order valence-electron chi connectivity index (χ2n) is 4.49. The van der Waals surface area contributed by atoms with E-state index in [4.69, 9.17) is 26.8 Å². The zero-order valence-electron chi connectivity index (χ0n) is 11.2. The smallest absolute Gasteiger partial charge is 0.318 e. The van der Waals surface area contributed by atoms with Crippen LogP contribution in [0.2, 0.25) is 5.02 Å². The van der Waals surface area contributed by atoms with E-state index in [-0.39, 0.29) is 12.1 Å². The van der Waals surface area contributed by atoms with Gasteiger partial charge in [-0.1, -0.05) is 11.6 Å². The molecule has 2 rings (SSSR count). The Bertz CT molecular complexity index is 432. The van der Waals surface area contributed by atoms with Crippen molar-refractivity contribution in [3.05, 3.63) is 11.2 Å². The molecule has 19 heavy (non-hydrogen) atoms. The number of aromatic nitrogens is 2. The summed E-state index contributed by atoms with van der Waals surface area (Å²) in [7, 11) is 3.26. The molecule has 1 saturated heterocycles. The topological polar surface area (TPSA) is 73.5 Å². The molecular formula is C12H19ClN4O2. The van der Waals surface area contributed by atoms with E-state index in [1.165, 1.54) is 7.11 Å². The van der Waals surface area contributed by atoms with Gasteiger partial charge in [-0.25, -0.2) is 4.98 Å². The normalized spacial score (nSPS) is 23.5. The predicted octanol–water partition coefficient (Wildman–Crippen LogP) is 1.08. The van der Waals surface area contributed by atoms with Gasteiger partial charge in [-0.05, 0) is 12.8 Å². The van der Waals surface area contributed by atoms with Crippen molar-refractivity contribution in [3.8, 4) is 6.01 Å². The number of ether oxygens (including phenoxy) is 2. The lowest BCUT2D eigenvalue weighted by atomic mass is 9.99. The molecule has 1 aromatic rings. The number of rotatable bonds is 4. The van der Waals surface area contributed by atoms with Crippen molar-refractivity contribution in [1.82, 2.24) is 9.97 Å². The molecule has 0 radical (unpaired) electrons. The minimum absolute atomic E-state index is 0.163. The molecule has 0 bridgehead atoms. The molecule has 2 unspecified atom stereocenters. The highest BCUT2D eigenvalue weighted by Crippen LogP contribution is 2.30. The van der Waals surface area contributed by atoms with Crippen LogP contribution in [0.15, 0.2) is 6.20 Å². The van der Waals surface area contributed by atoms with Gasteiger partial charge in [-0.15, -0.1) is 0 Å². The van der Waals surface area contributed by atoms with Crippen LogP contribution < -0.4 is 15.4 Å². The summed E-state index contributed by atoms with van der Waals surface area (Å²) in [4.78, 5) is 10.4. The van der Waals surface area contributed by atoms with E-state index in [1.54, 1.807) is 13.3 Å². The molecule has 0 aliphatic carbocycles. The Morgan fingerprint density at radius 2 is 2.32 bits per heavy atom. The Balaban J connectivity index is 2.24. The largest absolute Gasteiger partial charge is 0.467 e. The van der Waals surface area contributed by atoms with E-state index in [0.29, 0.717) is 23.4 Å². The average Bonchev–Trinajstić information content (AvgIpc) is 2.47. The molecule has 0 amide bonds. The second kappa shape index (κ2) is 6.36. The van der Waals surface area contributed by atoms with Crippen molar-refractivity contribution < 1.29 is 9.47 Å². The van der Waals surface area contributed by atoms with Gasteiger partial charge in [-0.3, -0.25) is 0 Å². The van der Waals surface area contributed by atoms with Crippen LogP contribution >= 0.6 is 11.6 Å². The lowest BCUT2D eigenvalue weighted by molar-refractivity contribution is 0.0707. The zero-order valence-corrected chi connectivity index (χ0v) is 11.9. The molecule has 106 valence electrons. The van der Waals surface area contributed by atoms with Gasteiger partial charge < -0.3 is 20.1 Å². The van der Waals surface area contributed by atoms with E-state index in [1.807, 2.05) is 0 Å². The lowest BCUT2D eigenvalue weighted by Crippen LogP contribution is -2.49. The average molecular weight is 287 g/mol. The Hall–Kier alpha value is -1.11. The van der Waals surface area contributed by atoms with Crippen LogP contribution in [0, 0.1) is 0 Å². The fourth-order valence-corrected chi connectivity index (χ4v) is 2.57. The number of hydrogen-bond donors (Lipinski definition) is 1. The first kappa shape index (κ1) is 14.3. The van der Waals surface area contributed by atoms with Crippen molar-refractivity contribution in [3.63, 3.8) is 0 Å². The van der Waals surface area contributed by atoms with E-state index < -0.39 is 0 Å². The number of halogens is 1. The highest BCUT2D eigenvalue weighted by molar-refractivity contribution is 6.32. The molecule has 6 nitrogen and oxygen atoms in total. The molecule has 2 N–H and O–H groups in total. The first-order valence-corrected chi connectivity index (χ1v) is 6.63. The van der Waals surface area contributed by atoms with Gasteiger partial charge in [0.1, 0.15) is 5.02 Å². The van der Waals surface area contributed by atoms with Crippen LogP contribution in [0.5, 0.6) is 6.01 Å². The molecule has 0 aromatic carbocycles. The molecular weight excluding hydrogens is 268 g/mol. The monoisotopic (exact) mass is 286 g/mol. The van der Waals surface area contributed by atoms with Gasteiger partial charge in [0.05, 0.1) is 19.4 Å². The highest BCUT2D eigenvalue weighted by Gasteiger charge is 2.30. The van der Waals surface area contributed by atoms with Crippen LogP contribution in [-0.2, 0) is 4.74 Å². The maximum Gasteiger partial charge on any atom is 0.318 e. The molecule has 1 aliphatic rings. The summed E-state index contributed by atoms with van der Waals surface area (Å²) in [5.74, 6) is 0.679. The first-order valence-electron chi connectivity index (χ1n) is 6.25. The minimum Gasteiger partial charge on any atom is -0.467 e. The standard InChI is InChI=1S/C12H19ClN4O2/c1-18-9-3-4-17(8(5-9)6-14)11-10(13)7-15-12(16-11)19-2/h7-9H,3-6,14H2,1-2H3. The molecule has 1 fully saturated rings. The lowest BCUT2D eigenvalue weighted by Gasteiger charge is -2.39. The van der Waals surface area contributed by atoms with Gasteiger partial charge in [0, 0.05) is 26.2 Å². The van der Waals surface area contributed by atoms with Crippen LogP contribution in [0.4, 0.5) is 5.82 Å². The van der Waals surface area contributed by atoms with Crippen LogP contribution in [0.3, 0.4) is 0 Å². The molecule has 0 saturated carbocycles. The fourth-order valence-electron chi connectivity index (χ4n) is 2.37. The first-order chi connectivity index (χ1) is 9.19. The maximum atomic E-state index is 6.18. The summed E-state index contributed by atoms with van der Waals surface area (Å²) in [6.07, 6.45) is 3.59. The zero-order chi connectivity index (χ0) is 13.8. The summed E-state index contributed by atoms with van der Waals surface area (Å²) < 4.78 is 10.5. The summed E-state index contributed by atoms with van der Waals surface area (Å²) >= 11 is 6.18. The van der Waals surface area contributed by atoms with Gasteiger partial charge in [0.2, 0.25) is 0 Å². The van der Waals surface area contributed by atoms with Crippen molar-refractivity contribution in [2.45, 2.75) is 25.0 Å². The highest BCUT2D eigenvalue weighted by atomic mass is 35.5. The Kier molecular flexibility index (Phi) is 4.79. The number of nitrogens with zero attached hydrogens (tertiary/aromatic N) is 3. The van der Waals surface area contributed by atoms with Gasteiger partial charge >= 0.3 is 6.01 Å². The number of hydrogen-bond acceptors (Lipinski definition) is 6. The van der Waals surface area contributed by atoms with Crippen molar-refractivity contribution in [1.29, 1.82) is 0 Å². The van der Waals surface area contributed by atoms with Crippen molar-refractivity contribution in [2.24, 2.45) is 5.73 Å². The van der Waals surface area contributed by atoms with Gasteiger partial charge in [0.15, 0.2) is 5.82 Å². The number of anilines is 1. The third kappa shape index (κ3) is 3.08. The van der Waals surface area contributed by atoms with Gasteiger partial charge in [-0.2, -0.15) is 4.98 Å². The summed E-state index contributed by atoms with van der Waals surface area (Å²) in [5.41, 5.74) is 5.85. The van der Waals surface area contributed by atoms with Crippen LogP contribution in [-0.4, -0.2) is 49.4 Å². The van der Waals surface area contributed by atoms with Crippen LogP contribution in [0.1, 0.15) is 12.8 Å². The Morgan fingerprint density at radius 1 is 1.53 bits per heavy atom. The molecule has 2 heterocycles. The quantitative estimate of drug-likeness (QED) is 0.893. The summed E-state index contributed by atoms with van der Waals surface area (Å²) in [5, 5.41) is 0.509. The van der Waals surface area contributed by atoms with Gasteiger partial charge in [0.25, 0.3) is 0 Å². The second-order valence-corrected chi connectivity index (χ2v) is 4.90.